The molecule has 0 aromatic carbocycles. The van der Waals surface area contributed by atoms with E-state index in [1.54, 1.807) is 0 Å². The van der Waals surface area contributed by atoms with Gasteiger partial charge in [-0.1, -0.05) is 12.2 Å². The van der Waals surface area contributed by atoms with Crippen molar-refractivity contribution in [2.45, 2.75) is 26.2 Å². The SMILES string of the molecule is C=C(C)CNCC1(CCO)CC1. The molecule has 2 N–H and O–H groups in total. The fraction of sp³-hybridized carbons (Fsp3) is 0.800. The number of aliphatic hydroxyl groups is 1. The van der Waals surface area contributed by atoms with Crippen molar-refractivity contribution >= 4 is 0 Å². The van der Waals surface area contributed by atoms with Gasteiger partial charge in [0.05, 0.1) is 0 Å². The third kappa shape index (κ3) is 2.95. The third-order valence-corrected chi connectivity index (χ3v) is 2.53. The van der Waals surface area contributed by atoms with Crippen LogP contribution in [0.25, 0.3) is 0 Å². The summed E-state index contributed by atoms with van der Waals surface area (Å²) in [7, 11) is 0. The summed E-state index contributed by atoms with van der Waals surface area (Å²) < 4.78 is 0. The van der Waals surface area contributed by atoms with Crippen LogP contribution in [0.2, 0.25) is 0 Å². The fourth-order valence-corrected chi connectivity index (χ4v) is 1.47. The van der Waals surface area contributed by atoms with Gasteiger partial charge in [0.2, 0.25) is 0 Å². The average Bonchev–Trinajstić information content (AvgIpc) is 2.69. The predicted octanol–water partition coefficient (Wildman–Crippen LogP) is 1.31. The van der Waals surface area contributed by atoms with Gasteiger partial charge in [-0.3, -0.25) is 0 Å². The van der Waals surface area contributed by atoms with Crippen LogP contribution in [0.4, 0.5) is 0 Å². The lowest BCUT2D eigenvalue weighted by atomic mass is 10.0. The van der Waals surface area contributed by atoms with E-state index in [9.17, 15) is 0 Å². The Balaban J connectivity index is 2.09. The van der Waals surface area contributed by atoms with E-state index in [2.05, 4.69) is 11.9 Å². The van der Waals surface area contributed by atoms with Crippen LogP contribution < -0.4 is 5.32 Å². The molecule has 1 fully saturated rings. The zero-order valence-electron chi connectivity index (χ0n) is 7.90. The summed E-state index contributed by atoms with van der Waals surface area (Å²) >= 11 is 0. The summed E-state index contributed by atoms with van der Waals surface area (Å²) in [6, 6.07) is 0. The fourth-order valence-electron chi connectivity index (χ4n) is 1.47. The molecule has 0 aliphatic heterocycles. The molecule has 0 aromatic heterocycles. The largest absolute Gasteiger partial charge is 0.396 e. The summed E-state index contributed by atoms with van der Waals surface area (Å²) in [5.74, 6) is 0. The van der Waals surface area contributed by atoms with E-state index >= 15 is 0 Å². The molecule has 1 saturated carbocycles. The quantitative estimate of drug-likeness (QED) is 0.588. The highest BCUT2D eigenvalue weighted by atomic mass is 16.3. The van der Waals surface area contributed by atoms with Gasteiger partial charge in [0.1, 0.15) is 0 Å². The van der Waals surface area contributed by atoms with E-state index in [1.165, 1.54) is 18.4 Å². The van der Waals surface area contributed by atoms with Gasteiger partial charge in [0.15, 0.2) is 0 Å². The summed E-state index contributed by atoms with van der Waals surface area (Å²) in [5.41, 5.74) is 1.61. The van der Waals surface area contributed by atoms with Crippen LogP contribution >= 0.6 is 0 Å². The highest BCUT2D eigenvalue weighted by molar-refractivity contribution is 4.97. The van der Waals surface area contributed by atoms with Crippen molar-refractivity contribution in [2.75, 3.05) is 19.7 Å². The molecule has 2 nitrogen and oxygen atoms in total. The van der Waals surface area contributed by atoms with E-state index in [4.69, 9.17) is 5.11 Å². The van der Waals surface area contributed by atoms with Gasteiger partial charge in [-0.2, -0.15) is 0 Å². The summed E-state index contributed by atoms with van der Waals surface area (Å²) in [5, 5.41) is 12.2. The van der Waals surface area contributed by atoms with Crippen molar-refractivity contribution in [3.8, 4) is 0 Å². The number of hydrogen-bond donors (Lipinski definition) is 2. The van der Waals surface area contributed by atoms with Gasteiger partial charge in [-0.05, 0) is 31.6 Å². The molecule has 0 heterocycles. The standard InChI is InChI=1S/C10H19NO/c1-9(2)7-11-8-10(3-4-10)5-6-12/h11-12H,1,3-8H2,2H3. The molecule has 2 heteroatoms. The maximum absolute atomic E-state index is 8.81. The van der Waals surface area contributed by atoms with Gasteiger partial charge in [-0.15, -0.1) is 0 Å². The van der Waals surface area contributed by atoms with Crippen LogP contribution in [0.15, 0.2) is 12.2 Å². The molecular formula is C10H19NO. The van der Waals surface area contributed by atoms with Gasteiger partial charge in [-0.25, -0.2) is 0 Å². The third-order valence-electron chi connectivity index (χ3n) is 2.53. The lowest BCUT2D eigenvalue weighted by Crippen LogP contribution is -2.25. The number of nitrogens with one attached hydrogen (secondary N) is 1. The Kier molecular flexibility index (Phi) is 3.29. The molecular weight excluding hydrogens is 150 g/mol. The Labute approximate surface area is 74.7 Å². The highest BCUT2D eigenvalue weighted by Crippen LogP contribution is 2.47. The lowest BCUT2D eigenvalue weighted by molar-refractivity contribution is 0.246. The zero-order valence-corrected chi connectivity index (χ0v) is 7.90. The molecule has 0 radical (unpaired) electrons. The van der Waals surface area contributed by atoms with Crippen molar-refractivity contribution < 1.29 is 5.11 Å². The maximum Gasteiger partial charge on any atom is 0.0436 e. The normalized spacial score (nSPS) is 19.2. The van der Waals surface area contributed by atoms with Crippen LogP contribution in [-0.2, 0) is 0 Å². The number of rotatable bonds is 6. The van der Waals surface area contributed by atoms with E-state index in [-0.39, 0.29) is 0 Å². The maximum atomic E-state index is 8.81. The second-order valence-electron chi connectivity index (χ2n) is 4.03. The molecule has 12 heavy (non-hydrogen) atoms. The molecule has 1 rings (SSSR count). The topological polar surface area (TPSA) is 32.3 Å². The van der Waals surface area contributed by atoms with E-state index in [0.29, 0.717) is 12.0 Å². The Morgan fingerprint density at radius 2 is 2.25 bits per heavy atom. The van der Waals surface area contributed by atoms with Crippen LogP contribution in [0.3, 0.4) is 0 Å². The Morgan fingerprint density at radius 1 is 1.58 bits per heavy atom. The van der Waals surface area contributed by atoms with Crippen LogP contribution in [-0.4, -0.2) is 24.8 Å². The Hall–Kier alpha value is -0.340. The molecule has 0 atom stereocenters. The van der Waals surface area contributed by atoms with Crippen molar-refractivity contribution in [2.24, 2.45) is 5.41 Å². The highest BCUT2D eigenvalue weighted by Gasteiger charge is 2.41. The van der Waals surface area contributed by atoms with Gasteiger partial charge in [0.25, 0.3) is 0 Å². The molecule has 0 spiro atoms. The average molecular weight is 169 g/mol. The second kappa shape index (κ2) is 4.06. The van der Waals surface area contributed by atoms with Gasteiger partial charge in [0, 0.05) is 19.7 Å². The first-order valence-electron chi connectivity index (χ1n) is 4.64. The summed E-state index contributed by atoms with van der Waals surface area (Å²) in [4.78, 5) is 0. The summed E-state index contributed by atoms with van der Waals surface area (Å²) in [6.45, 7) is 8.14. The van der Waals surface area contributed by atoms with Crippen LogP contribution in [0.1, 0.15) is 26.2 Å². The molecule has 0 bridgehead atoms. The van der Waals surface area contributed by atoms with E-state index in [0.717, 1.165) is 19.5 Å². The molecule has 0 unspecified atom stereocenters. The minimum Gasteiger partial charge on any atom is -0.396 e. The minimum atomic E-state index is 0.328. The smallest absolute Gasteiger partial charge is 0.0436 e. The predicted molar refractivity (Wildman–Crippen MR) is 51.1 cm³/mol. The molecule has 0 saturated heterocycles. The molecule has 70 valence electrons. The summed E-state index contributed by atoms with van der Waals surface area (Å²) in [6.07, 6.45) is 3.50. The first kappa shape index (κ1) is 9.75. The molecule has 0 amide bonds. The Morgan fingerprint density at radius 3 is 2.67 bits per heavy atom. The van der Waals surface area contributed by atoms with Crippen molar-refractivity contribution in [3.63, 3.8) is 0 Å². The number of aliphatic hydroxyl groups excluding tert-OH is 1. The first-order valence-corrected chi connectivity index (χ1v) is 4.64. The molecule has 0 aromatic rings. The van der Waals surface area contributed by atoms with Crippen molar-refractivity contribution in [3.05, 3.63) is 12.2 Å². The minimum absolute atomic E-state index is 0.328. The van der Waals surface area contributed by atoms with E-state index < -0.39 is 0 Å². The van der Waals surface area contributed by atoms with Gasteiger partial charge >= 0.3 is 0 Å². The lowest BCUT2D eigenvalue weighted by Gasteiger charge is -2.14. The zero-order chi connectivity index (χ0) is 9.03. The molecule has 1 aliphatic rings. The van der Waals surface area contributed by atoms with Gasteiger partial charge < -0.3 is 10.4 Å². The van der Waals surface area contributed by atoms with Crippen molar-refractivity contribution in [1.82, 2.24) is 5.32 Å². The monoisotopic (exact) mass is 169 g/mol. The first-order chi connectivity index (χ1) is 5.68. The molecule has 1 aliphatic carbocycles. The van der Waals surface area contributed by atoms with Crippen molar-refractivity contribution in [1.29, 1.82) is 0 Å². The Bertz CT molecular complexity index is 161. The second-order valence-corrected chi connectivity index (χ2v) is 4.03. The van der Waals surface area contributed by atoms with Crippen LogP contribution in [0.5, 0.6) is 0 Å². The number of hydrogen-bond acceptors (Lipinski definition) is 2. The van der Waals surface area contributed by atoms with Crippen LogP contribution in [0, 0.1) is 5.41 Å². The van der Waals surface area contributed by atoms with E-state index in [1.807, 2.05) is 6.92 Å².